The molecule has 8 heteroatoms. The molecule has 1 rings (SSSR count). The molecule has 1 N–H and O–H groups in total. The summed E-state index contributed by atoms with van der Waals surface area (Å²) in [6.45, 7) is 12.8. The summed E-state index contributed by atoms with van der Waals surface area (Å²) in [4.78, 5) is 10.8. The molecule has 0 radical (unpaired) electrons. The Morgan fingerprint density at radius 1 is 1.27 bits per heavy atom. The lowest BCUT2D eigenvalue weighted by Gasteiger charge is -2.33. The first-order chi connectivity index (χ1) is 9.93. The minimum Gasteiger partial charge on any atom is -0.261 e. The lowest BCUT2D eigenvalue weighted by molar-refractivity contribution is -0.384. The zero-order chi connectivity index (χ0) is 17.2. The van der Waals surface area contributed by atoms with Gasteiger partial charge in [-0.25, -0.2) is 8.93 Å². The van der Waals surface area contributed by atoms with Gasteiger partial charge in [-0.1, -0.05) is 27.7 Å². The summed E-state index contributed by atoms with van der Waals surface area (Å²) in [7, 11) is -4.93. The smallest absolute Gasteiger partial charge is 0.261 e. The van der Waals surface area contributed by atoms with E-state index in [-0.39, 0.29) is 10.7 Å². The van der Waals surface area contributed by atoms with Gasteiger partial charge in [0.25, 0.3) is 5.69 Å². The van der Waals surface area contributed by atoms with Gasteiger partial charge in [0.2, 0.25) is 0 Å². The Kier molecular flexibility index (Phi) is 5.53. The molecule has 0 aliphatic heterocycles. The van der Waals surface area contributed by atoms with Crippen molar-refractivity contribution in [1.29, 1.82) is 0 Å². The van der Waals surface area contributed by atoms with Crippen molar-refractivity contribution in [3.05, 3.63) is 34.4 Å². The molecule has 22 heavy (non-hydrogen) atoms. The molecule has 0 bridgehead atoms. The highest BCUT2D eigenvalue weighted by Gasteiger charge is 2.37. The van der Waals surface area contributed by atoms with E-state index in [4.69, 9.17) is 4.03 Å². The molecule has 0 spiro atoms. The molecule has 124 valence electrons. The Balaban J connectivity index is 3.44. The summed E-state index contributed by atoms with van der Waals surface area (Å²) >= 11 is 0. The number of rotatable bonds is 5. The summed E-state index contributed by atoms with van der Waals surface area (Å²) in [5, 5.41) is 10.7. The zero-order valence-corrected chi connectivity index (χ0v) is 15.9. The number of non-ortho nitro benzene ring substituents is 1. The largest absolute Gasteiger partial charge is 0.269 e. The lowest BCUT2D eigenvalue weighted by Crippen LogP contribution is -2.38. The molecule has 6 nitrogen and oxygen atoms in total. The van der Waals surface area contributed by atoms with E-state index < -0.39 is 23.1 Å². The minimum atomic E-state index is -2.79. The maximum absolute atomic E-state index is 13.3. The highest BCUT2D eigenvalue weighted by molar-refractivity contribution is 7.92. The van der Waals surface area contributed by atoms with E-state index in [1.54, 1.807) is 0 Å². The van der Waals surface area contributed by atoms with Crippen LogP contribution >= 0.6 is 0 Å². The predicted molar refractivity (Wildman–Crippen MR) is 92.8 cm³/mol. The second-order valence-electron chi connectivity index (χ2n) is 6.68. The summed E-state index contributed by atoms with van der Waals surface area (Å²) in [6.07, 6.45) is 0. The summed E-state index contributed by atoms with van der Waals surface area (Å²) in [5.41, 5.74) is -0.0191. The number of hydrogen-bond donors (Lipinski definition) is 1. The summed E-state index contributed by atoms with van der Waals surface area (Å²) < 4.78 is 21.0. The molecular formula is C14H25N3O3SSi. The SMILES string of the molecule is CCNS(=O)(=N[Si](C)(C)C(C)(C)C)c1ccc([N+](=O)[O-])cc1. The molecule has 0 aliphatic rings. The van der Waals surface area contributed by atoms with Crippen LogP contribution in [0.25, 0.3) is 0 Å². The average molecular weight is 344 g/mol. The topological polar surface area (TPSA) is 84.6 Å². The van der Waals surface area contributed by atoms with Gasteiger partial charge in [0.15, 0.2) is 8.24 Å². The Morgan fingerprint density at radius 2 is 1.77 bits per heavy atom. The van der Waals surface area contributed by atoms with Gasteiger partial charge in [-0.05, 0) is 30.3 Å². The number of benzene rings is 1. The van der Waals surface area contributed by atoms with Gasteiger partial charge in [-0.3, -0.25) is 14.1 Å². The zero-order valence-electron chi connectivity index (χ0n) is 14.0. The van der Waals surface area contributed by atoms with Crippen molar-refractivity contribution < 1.29 is 9.13 Å². The van der Waals surface area contributed by atoms with E-state index in [1.807, 2.05) is 6.92 Å². The third-order valence-corrected chi connectivity index (χ3v) is 12.0. The van der Waals surface area contributed by atoms with Crippen LogP contribution in [0.2, 0.25) is 18.1 Å². The van der Waals surface area contributed by atoms with E-state index in [0.717, 1.165) is 0 Å². The van der Waals surface area contributed by atoms with Crippen LogP contribution in [0, 0.1) is 10.1 Å². The highest BCUT2D eigenvalue weighted by Crippen LogP contribution is 2.38. The maximum Gasteiger partial charge on any atom is 0.269 e. The van der Waals surface area contributed by atoms with Crippen molar-refractivity contribution in [3.8, 4) is 0 Å². The maximum atomic E-state index is 13.3. The Hall–Kier alpha value is -1.25. The molecule has 1 aromatic rings. The third-order valence-electron chi connectivity index (χ3n) is 3.90. The molecule has 0 aliphatic carbocycles. The van der Waals surface area contributed by atoms with Gasteiger partial charge in [0, 0.05) is 18.7 Å². The normalized spacial score (nSPS) is 15.2. The highest BCUT2D eigenvalue weighted by atomic mass is 32.2. The van der Waals surface area contributed by atoms with Gasteiger partial charge in [-0.2, -0.15) is 0 Å². The molecule has 1 atom stereocenters. The second kappa shape index (κ2) is 6.47. The van der Waals surface area contributed by atoms with E-state index in [0.29, 0.717) is 11.4 Å². The number of nitro benzene ring substituents is 1. The van der Waals surface area contributed by atoms with Gasteiger partial charge in [-0.15, -0.1) is 0 Å². The van der Waals surface area contributed by atoms with Crippen molar-refractivity contribution >= 4 is 23.8 Å². The Bertz CT molecular complexity index is 657. The fraction of sp³-hybridized carbons (Fsp3) is 0.571. The molecule has 1 aromatic carbocycles. The van der Waals surface area contributed by atoms with Crippen LogP contribution in [0.15, 0.2) is 33.2 Å². The van der Waals surface area contributed by atoms with Crippen LogP contribution in [0.5, 0.6) is 0 Å². The lowest BCUT2D eigenvalue weighted by atomic mass is 10.2. The molecule has 0 saturated heterocycles. The molecule has 1 unspecified atom stereocenters. The predicted octanol–water partition coefficient (Wildman–Crippen LogP) is 3.95. The first-order valence-electron chi connectivity index (χ1n) is 7.20. The Labute approximate surface area is 133 Å². The summed E-state index contributed by atoms with van der Waals surface area (Å²) in [6, 6.07) is 5.79. The van der Waals surface area contributed by atoms with Gasteiger partial charge >= 0.3 is 0 Å². The van der Waals surface area contributed by atoms with Crippen LogP contribution in [0.1, 0.15) is 27.7 Å². The number of nitrogens with zero attached hydrogens (tertiary/aromatic N) is 2. The number of nitrogens with one attached hydrogen (secondary N) is 1. The third kappa shape index (κ3) is 4.14. The molecule has 0 amide bonds. The van der Waals surface area contributed by atoms with Crippen molar-refractivity contribution in [2.75, 3.05) is 6.54 Å². The Morgan fingerprint density at radius 3 is 2.14 bits per heavy atom. The minimum absolute atomic E-state index is 0.0191. The second-order valence-corrected chi connectivity index (χ2v) is 13.8. The van der Waals surface area contributed by atoms with Gasteiger partial charge < -0.3 is 0 Å². The van der Waals surface area contributed by atoms with Crippen molar-refractivity contribution in [2.24, 2.45) is 4.03 Å². The monoisotopic (exact) mass is 343 g/mol. The molecule has 0 heterocycles. The van der Waals surface area contributed by atoms with Crippen molar-refractivity contribution in [3.63, 3.8) is 0 Å². The quantitative estimate of drug-likeness (QED) is 0.499. The van der Waals surface area contributed by atoms with E-state index in [2.05, 4.69) is 38.6 Å². The number of nitro groups is 1. The van der Waals surface area contributed by atoms with E-state index >= 15 is 0 Å². The first kappa shape index (κ1) is 18.8. The fourth-order valence-corrected chi connectivity index (χ4v) is 6.98. The standard InChI is InChI=1S/C14H25N3O3SSi/c1-7-15-21(20,16-22(5,6)14(2,3)4)13-10-8-12(9-11-13)17(18)19/h8-11H,7H2,1-6H3,(H,15,16,20). The van der Waals surface area contributed by atoms with Crippen LogP contribution in [0.4, 0.5) is 5.69 Å². The van der Waals surface area contributed by atoms with Gasteiger partial charge in [0.1, 0.15) is 9.92 Å². The van der Waals surface area contributed by atoms with Crippen LogP contribution in [0.3, 0.4) is 0 Å². The number of hydrogen-bond acceptors (Lipinski definition) is 4. The van der Waals surface area contributed by atoms with E-state index in [9.17, 15) is 14.3 Å². The van der Waals surface area contributed by atoms with Crippen molar-refractivity contribution in [2.45, 2.75) is 50.7 Å². The summed E-state index contributed by atoms with van der Waals surface area (Å²) in [5.74, 6) is 0. The van der Waals surface area contributed by atoms with Crippen molar-refractivity contribution in [1.82, 2.24) is 4.72 Å². The van der Waals surface area contributed by atoms with Crippen LogP contribution < -0.4 is 4.72 Å². The molecule has 0 saturated carbocycles. The average Bonchev–Trinajstić information content (AvgIpc) is 2.37. The van der Waals surface area contributed by atoms with Crippen LogP contribution in [-0.2, 0) is 9.92 Å². The molecule has 0 aromatic heterocycles. The van der Waals surface area contributed by atoms with Crippen LogP contribution in [-0.4, -0.2) is 23.9 Å². The van der Waals surface area contributed by atoms with Gasteiger partial charge in [0.05, 0.1) is 9.82 Å². The first-order valence-corrected chi connectivity index (χ1v) is 11.7. The fourth-order valence-electron chi connectivity index (χ4n) is 1.57. The van der Waals surface area contributed by atoms with E-state index in [1.165, 1.54) is 24.3 Å². The molecule has 0 fully saturated rings. The molecular weight excluding hydrogens is 318 g/mol.